The first-order valence-electron chi connectivity index (χ1n) is 9.34. The molecule has 3 aromatic carbocycles. The zero-order valence-electron chi connectivity index (χ0n) is 16.4. The number of nitrogens with one attached hydrogen (secondary N) is 1. The number of hydrogen-bond donors (Lipinski definition) is 1. The molecule has 0 fully saturated rings. The molecule has 3 aromatic rings. The first-order valence-corrected chi connectivity index (χ1v) is 9.34. The number of carbonyl (C=O) groups excluding carboxylic acids is 2. The molecule has 1 heterocycles. The molecule has 0 bridgehead atoms. The van der Waals surface area contributed by atoms with Crippen molar-refractivity contribution in [2.45, 2.75) is 13.8 Å². The average molecular weight is 404 g/mol. The number of nitrogens with zero attached hydrogens (tertiary/aromatic N) is 1. The van der Waals surface area contributed by atoms with Gasteiger partial charge in [-0.1, -0.05) is 35.9 Å². The Hall–Kier alpha value is -3.80. The molecule has 30 heavy (non-hydrogen) atoms. The molecule has 0 radical (unpaired) electrons. The maximum Gasteiger partial charge on any atom is 0.282 e. The molecule has 2 amide bonds. The zero-order chi connectivity index (χ0) is 21.4. The van der Waals surface area contributed by atoms with Gasteiger partial charge < -0.3 is 5.32 Å². The molecule has 1 aliphatic rings. The fourth-order valence-electron chi connectivity index (χ4n) is 3.47. The van der Waals surface area contributed by atoms with Gasteiger partial charge in [0.15, 0.2) is 0 Å². The molecule has 150 valence electrons. The predicted molar refractivity (Wildman–Crippen MR) is 112 cm³/mol. The Balaban J connectivity index is 1.84. The van der Waals surface area contributed by atoms with E-state index in [2.05, 4.69) is 5.32 Å². The second kappa shape index (κ2) is 7.55. The summed E-state index contributed by atoms with van der Waals surface area (Å²) in [7, 11) is 0. The van der Waals surface area contributed by atoms with E-state index in [1.54, 1.807) is 0 Å². The number of imide groups is 1. The van der Waals surface area contributed by atoms with E-state index in [-0.39, 0.29) is 17.0 Å². The molecular weight excluding hydrogens is 386 g/mol. The van der Waals surface area contributed by atoms with Crippen molar-refractivity contribution >= 4 is 28.8 Å². The fraction of sp³-hybridized carbons (Fsp3) is 0.0833. The van der Waals surface area contributed by atoms with Gasteiger partial charge in [0.1, 0.15) is 17.3 Å². The summed E-state index contributed by atoms with van der Waals surface area (Å²) >= 11 is 0. The Morgan fingerprint density at radius 3 is 2.20 bits per heavy atom. The molecule has 1 N–H and O–H groups in total. The normalized spacial score (nSPS) is 13.9. The minimum absolute atomic E-state index is 0.0582. The molecule has 1 aliphatic heterocycles. The number of carbonyl (C=O) groups is 2. The third-order valence-corrected chi connectivity index (χ3v) is 4.92. The van der Waals surface area contributed by atoms with Crippen LogP contribution in [0.25, 0.3) is 5.57 Å². The van der Waals surface area contributed by atoms with Crippen molar-refractivity contribution in [3.8, 4) is 0 Å². The van der Waals surface area contributed by atoms with Crippen molar-refractivity contribution < 1.29 is 18.4 Å². The molecule has 0 saturated carbocycles. The van der Waals surface area contributed by atoms with Gasteiger partial charge in [-0.15, -0.1) is 0 Å². The van der Waals surface area contributed by atoms with Crippen LogP contribution in [0.3, 0.4) is 0 Å². The SMILES string of the molecule is Cc1ccc(NC2=C(c3ccc(F)cc3)C(=O)N(c3cccc(F)c3)C2=O)c(C)c1. The Morgan fingerprint density at radius 2 is 1.53 bits per heavy atom. The molecule has 4 nitrogen and oxygen atoms in total. The second-order valence-electron chi connectivity index (χ2n) is 7.13. The van der Waals surface area contributed by atoms with Crippen molar-refractivity contribution in [1.82, 2.24) is 0 Å². The van der Waals surface area contributed by atoms with Gasteiger partial charge in [0.25, 0.3) is 11.8 Å². The maximum absolute atomic E-state index is 13.8. The van der Waals surface area contributed by atoms with Crippen LogP contribution in [-0.4, -0.2) is 11.8 Å². The standard InChI is InChI=1S/C24H18F2N2O2/c1-14-6-11-20(15(2)12-14)27-22-21(16-7-9-17(25)10-8-16)23(29)28(24(22)30)19-5-3-4-18(26)13-19/h3-13,27H,1-2H3. The van der Waals surface area contributed by atoms with Gasteiger partial charge >= 0.3 is 0 Å². The van der Waals surface area contributed by atoms with Crippen molar-refractivity contribution in [1.29, 1.82) is 0 Å². The van der Waals surface area contributed by atoms with Gasteiger partial charge in [-0.3, -0.25) is 9.59 Å². The molecule has 6 heteroatoms. The summed E-state index contributed by atoms with van der Waals surface area (Å²) < 4.78 is 27.2. The van der Waals surface area contributed by atoms with Crippen molar-refractivity contribution in [3.05, 3.63) is 101 Å². The number of anilines is 2. The predicted octanol–water partition coefficient (Wildman–Crippen LogP) is 4.98. The molecule has 4 rings (SSSR count). The highest BCUT2D eigenvalue weighted by atomic mass is 19.1. The van der Waals surface area contributed by atoms with Crippen LogP contribution in [0.2, 0.25) is 0 Å². The first kappa shape index (κ1) is 19.5. The molecule has 0 atom stereocenters. The number of amides is 2. The summed E-state index contributed by atoms with van der Waals surface area (Å²) in [6, 6.07) is 16.3. The zero-order valence-corrected chi connectivity index (χ0v) is 16.4. The lowest BCUT2D eigenvalue weighted by atomic mass is 10.0. The first-order chi connectivity index (χ1) is 14.3. The van der Waals surface area contributed by atoms with E-state index in [9.17, 15) is 18.4 Å². The van der Waals surface area contributed by atoms with Crippen LogP contribution in [-0.2, 0) is 9.59 Å². The topological polar surface area (TPSA) is 49.4 Å². The van der Waals surface area contributed by atoms with Crippen LogP contribution in [0.5, 0.6) is 0 Å². The summed E-state index contributed by atoms with van der Waals surface area (Å²) in [6.07, 6.45) is 0. The Labute approximate surface area is 172 Å². The van der Waals surface area contributed by atoms with Crippen LogP contribution in [0, 0.1) is 25.5 Å². The molecule has 0 unspecified atom stereocenters. The van der Waals surface area contributed by atoms with Gasteiger partial charge in [-0.05, 0) is 61.4 Å². The highest BCUT2D eigenvalue weighted by molar-refractivity contribution is 6.46. The van der Waals surface area contributed by atoms with Crippen LogP contribution >= 0.6 is 0 Å². The van der Waals surface area contributed by atoms with Crippen molar-refractivity contribution in [2.75, 3.05) is 10.2 Å². The van der Waals surface area contributed by atoms with Crippen LogP contribution < -0.4 is 10.2 Å². The highest BCUT2D eigenvalue weighted by Crippen LogP contribution is 2.34. The lowest BCUT2D eigenvalue weighted by Crippen LogP contribution is -2.32. The molecule has 0 aromatic heterocycles. The van der Waals surface area contributed by atoms with E-state index in [1.807, 2.05) is 32.0 Å². The quantitative estimate of drug-likeness (QED) is 0.624. The van der Waals surface area contributed by atoms with Gasteiger partial charge in [0, 0.05) is 5.69 Å². The van der Waals surface area contributed by atoms with Crippen LogP contribution in [0.4, 0.5) is 20.2 Å². The number of rotatable bonds is 4. The van der Waals surface area contributed by atoms with Crippen LogP contribution in [0.15, 0.2) is 72.4 Å². The Bertz CT molecular complexity index is 1200. The Morgan fingerprint density at radius 1 is 0.800 bits per heavy atom. The minimum atomic E-state index is -0.607. The summed E-state index contributed by atoms with van der Waals surface area (Å²) in [4.78, 5) is 27.4. The van der Waals surface area contributed by atoms with E-state index >= 15 is 0 Å². The Kier molecular flexibility index (Phi) is 4.91. The van der Waals surface area contributed by atoms with E-state index in [4.69, 9.17) is 0 Å². The maximum atomic E-state index is 13.8. The summed E-state index contributed by atoms with van der Waals surface area (Å²) in [6.45, 7) is 3.84. The lowest BCUT2D eigenvalue weighted by molar-refractivity contribution is -0.120. The van der Waals surface area contributed by atoms with Gasteiger partial charge in [0.2, 0.25) is 0 Å². The summed E-state index contributed by atoms with van der Waals surface area (Å²) in [5.41, 5.74) is 3.29. The molecule has 0 aliphatic carbocycles. The monoisotopic (exact) mass is 404 g/mol. The van der Waals surface area contributed by atoms with E-state index in [1.165, 1.54) is 42.5 Å². The lowest BCUT2D eigenvalue weighted by Gasteiger charge is -2.16. The van der Waals surface area contributed by atoms with E-state index in [0.29, 0.717) is 11.3 Å². The summed E-state index contributed by atoms with van der Waals surface area (Å²) in [5, 5.41) is 3.07. The molecule has 0 spiro atoms. The number of halogens is 2. The third kappa shape index (κ3) is 3.48. The minimum Gasteiger partial charge on any atom is -0.350 e. The van der Waals surface area contributed by atoms with E-state index < -0.39 is 23.4 Å². The third-order valence-electron chi connectivity index (χ3n) is 4.92. The van der Waals surface area contributed by atoms with E-state index in [0.717, 1.165) is 22.1 Å². The number of hydrogen-bond acceptors (Lipinski definition) is 3. The van der Waals surface area contributed by atoms with Crippen molar-refractivity contribution in [2.24, 2.45) is 0 Å². The number of benzene rings is 3. The molecule has 0 saturated heterocycles. The second-order valence-corrected chi connectivity index (χ2v) is 7.13. The highest BCUT2D eigenvalue weighted by Gasteiger charge is 2.40. The fourth-order valence-corrected chi connectivity index (χ4v) is 3.47. The van der Waals surface area contributed by atoms with Crippen LogP contribution in [0.1, 0.15) is 16.7 Å². The van der Waals surface area contributed by atoms with Gasteiger partial charge in [-0.2, -0.15) is 0 Å². The largest absolute Gasteiger partial charge is 0.350 e. The summed E-state index contributed by atoms with van der Waals surface area (Å²) in [5.74, 6) is -2.23. The number of aryl methyl sites for hydroxylation is 2. The van der Waals surface area contributed by atoms with Gasteiger partial charge in [-0.25, -0.2) is 13.7 Å². The molecular formula is C24H18F2N2O2. The smallest absolute Gasteiger partial charge is 0.282 e. The average Bonchev–Trinajstić information content (AvgIpc) is 2.94. The van der Waals surface area contributed by atoms with Crippen molar-refractivity contribution in [3.63, 3.8) is 0 Å². The van der Waals surface area contributed by atoms with Gasteiger partial charge in [0.05, 0.1) is 11.3 Å².